The smallest absolute Gasteiger partial charge is 0.325 e. The minimum absolute atomic E-state index is 0.0440. The third-order valence-electron chi connectivity index (χ3n) is 2.56. The number of rotatable bonds is 7. The van der Waals surface area contributed by atoms with Gasteiger partial charge in [-0.1, -0.05) is 6.92 Å². The van der Waals surface area contributed by atoms with Crippen molar-refractivity contribution in [2.45, 2.75) is 20.3 Å². The van der Waals surface area contributed by atoms with Crippen molar-refractivity contribution in [3.63, 3.8) is 0 Å². The van der Waals surface area contributed by atoms with Crippen LogP contribution in [0.15, 0.2) is 0 Å². The number of likely N-dealkylation sites (N-methyl/N-ethyl adjacent to an activating group) is 1. The molecule has 2 amide bonds. The Kier molecular flexibility index (Phi) is 7.50. The molecule has 18 heavy (non-hydrogen) atoms. The van der Waals surface area contributed by atoms with E-state index in [0.717, 1.165) is 0 Å². The van der Waals surface area contributed by atoms with E-state index in [4.69, 9.17) is 5.11 Å². The number of carbonyl (C=O) groups is 3. The van der Waals surface area contributed by atoms with E-state index in [1.807, 2.05) is 0 Å². The van der Waals surface area contributed by atoms with Gasteiger partial charge in [-0.3, -0.25) is 9.59 Å². The molecule has 2 N–H and O–H groups in total. The highest BCUT2D eigenvalue weighted by Crippen LogP contribution is 2.01. The Morgan fingerprint density at radius 2 is 1.94 bits per heavy atom. The van der Waals surface area contributed by atoms with Crippen LogP contribution in [0.25, 0.3) is 0 Å². The second kappa shape index (κ2) is 8.32. The van der Waals surface area contributed by atoms with Crippen LogP contribution in [0.2, 0.25) is 0 Å². The Balaban J connectivity index is 4.27. The summed E-state index contributed by atoms with van der Waals surface area (Å²) in [6.45, 7) is 3.68. The maximum atomic E-state index is 11.7. The molecular formula is C11H20N2O5. The number of hydrogen-bond donors (Lipinski definition) is 2. The Hall–Kier alpha value is -1.79. The Morgan fingerprint density at radius 1 is 1.33 bits per heavy atom. The molecule has 0 radical (unpaired) electrons. The van der Waals surface area contributed by atoms with Gasteiger partial charge in [0.15, 0.2) is 0 Å². The molecule has 0 aromatic heterocycles. The van der Waals surface area contributed by atoms with E-state index < -0.39 is 23.9 Å². The van der Waals surface area contributed by atoms with Gasteiger partial charge in [-0.25, -0.2) is 4.79 Å². The van der Waals surface area contributed by atoms with Crippen molar-refractivity contribution in [1.29, 1.82) is 0 Å². The highest BCUT2D eigenvalue weighted by Gasteiger charge is 2.19. The van der Waals surface area contributed by atoms with Gasteiger partial charge in [0.2, 0.25) is 0 Å². The SMILES string of the molecule is CCC(CNC(=O)N(CC)CC(=O)OC)C(=O)O. The molecule has 1 atom stereocenters. The second-order valence-corrected chi connectivity index (χ2v) is 3.72. The summed E-state index contributed by atoms with van der Waals surface area (Å²) in [6, 6.07) is -0.470. The van der Waals surface area contributed by atoms with Crippen LogP contribution in [0.1, 0.15) is 20.3 Å². The number of carboxylic acids is 1. The lowest BCUT2D eigenvalue weighted by molar-refractivity contribution is -0.142. The molecule has 0 saturated heterocycles. The largest absolute Gasteiger partial charge is 0.481 e. The van der Waals surface area contributed by atoms with E-state index >= 15 is 0 Å². The van der Waals surface area contributed by atoms with Crippen molar-refractivity contribution in [2.75, 3.05) is 26.7 Å². The monoisotopic (exact) mass is 260 g/mol. The van der Waals surface area contributed by atoms with Gasteiger partial charge in [0.05, 0.1) is 13.0 Å². The first kappa shape index (κ1) is 16.2. The number of nitrogens with one attached hydrogen (secondary N) is 1. The van der Waals surface area contributed by atoms with E-state index in [1.165, 1.54) is 12.0 Å². The van der Waals surface area contributed by atoms with Gasteiger partial charge in [-0.05, 0) is 13.3 Å². The Bertz CT molecular complexity index is 306. The molecule has 0 aliphatic rings. The maximum Gasteiger partial charge on any atom is 0.325 e. The number of carboxylic acid groups (broad SMARTS) is 1. The fraction of sp³-hybridized carbons (Fsp3) is 0.727. The fourth-order valence-electron chi connectivity index (χ4n) is 1.28. The summed E-state index contributed by atoms with van der Waals surface area (Å²) < 4.78 is 4.46. The van der Waals surface area contributed by atoms with Gasteiger partial charge < -0.3 is 20.1 Å². The highest BCUT2D eigenvalue weighted by atomic mass is 16.5. The lowest BCUT2D eigenvalue weighted by atomic mass is 10.1. The van der Waals surface area contributed by atoms with Crippen LogP contribution >= 0.6 is 0 Å². The third kappa shape index (κ3) is 5.51. The zero-order chi connectivity index (χ0) is 14.1. The van der Waals surface area contributed by atoms with Crippen LogP contribution in [-0.4, -0.2) is 54.7 Å². The summed E-state index contributed by atoms with van der Waals surface area (Å²) in [4.78, 5) is 34.8. The molecule has 0 aromatic rings. The summed E-state index contributed by atoms with van der Waals surface area (Å²) in [6.07, 6.45) is 0.429. The van der Waals surface area contributed by atoms with Crippen molar-refractivity contribution in [3.05, 3.63) is 0 Å². The van der Waals surface area contributed by atoms with Crippen molar-refractivity contribution in [1.82, 2.24) is 10.2 Å². The van der Waals surface area contributed by atoms with Gasteiger partial charge in [0.1, 0.15) is 6.54 Å². The molecule has 7 nitrogen and oxygen atoms in total. The lowest BCUT2D eigenvalue weighted by Gasteiger charge is -2.21. The first-order valence-electron chi connectivity index (χ1n) is 5.78. The molecule has 0 rings (SSSR count). The topological polar surface area (TPSA) is 95.9 Å². The molecule has 0 aliphatic heterocycles. The maximum absolute atomic E-state index is 11.7. The zero-order valence-electron chi connectivity index (χ0n) is 10.9. The van der Waals surface area contributed by atoms with Gasteiger partial charge >= 0.3 is 18.0 Å². The standard InChI is InChI=1S/C11H20N2O5/c1-4-8(10(15)16)6-12-11(17)13(5-2)7-9(14)18-3/h8H,4-7H2,1-3H3,(H,12,17)(H,15,16). The molecule has 0 aliphatic carbocycles. The summed E-state index contributed by atoms with van der Waals surface area (Å²) in [7, 11) is 1.24. The van der Waals surface area contributed by atoms with Gasteiger partial charge in [0, 0.05) is 13.1 Å². The minimum atomic E-state index is -0.950. The number of aliphatic carboxylic acids is 1. The molecule has 0 bridgehead atoms. The number of ether oxygens (including phenoxy) is 1. The van der Waals surface area contributed by atoms with E-state index in [0.29, 0.717) is 13.0 Å². The van der Waals surface area contributed by atoms with Crippen molar-refractivity contribution >= 4 is 18.0 Å². The van der Waals surface area contributed by atoms with Gasteiger partial charge in [0.25, 0.3) is 0 Å². The zero-order valence-corrected chi connectivity index (χ0v) is 10.9. The third-order valence-corrected chi connectivity index (χ3v) is 2.56. The Labute approximate surface area is 106 Å². The predicted molar refractivity (Wildman–Crippen MR) is 64.1 cm³/mol. The van der Waals surface area contributed by atoms with Crippen LogP contribution in [0.4, 0.5) is 4.79 Å². The average molecular weight is 260 g/mol. The highest BCUT2D eigenvalue weighted by molar-refractivity contribution is 5.81. The summed E-state index contributed by atoms with van der Waals surface area (Å²) >= 11 is 0. The van der Waals surface area contributed by atoms with E-state index in [-0.39, 0.29) is 13.1 Å². The van der Waals surface area contributed by atoms with Crippen molar-refractivity contribution < 1.29 is 24.2 Å². The first-order chi connectivity index (χ1) is 8.46. The molecule has 1 unspecified atom stereocenters. The molecule has 0 aromatic carbocycles. The van der Waals surface area contributed by atoms with Crippen LogP contribution in [0.5, 0.6) is 0 Å². The number of nitrogens with zero attached hydrogens (tertiary/aromatic N) is 1. The number of esters is 1. The quantitative estimate of drug-likeness (QED) is 0.642. The number of carbonyl (C=O) groups excluding carboxylic acids is 2. The first-order valence-corrected chi connectivity index (χ1v) is 5.78. The molecule has 0 spiro atoms. The van der Waals surface area contributed by atoms with E-state index in [2.05, 4.69) is 10.1 Å². The van der Waals surface area contributed by atoms with Gasteiger partial charge in [-0.15, -0.1) is 0 Å². The molecular weight excluding hydrogens is 240 g/mol. The predicted octanol–water partition coefficient (Wildman–Crippen LogP) is 0.302. The molecule has 0 fully saturated rings. The lowest BCUT2D eigenvalue weighted by Crippen LogP contribution is -2.45. The van der Waals surface area contributed by atoms with Gasteiger partial charge in [-0.2, -0.15) is 0 Å². The summed E-state index contributed by atoms with van der Waals surface area (Å²) in [5.74, 6) is -2.09. The summed E-state index contributed by atoms with van der Waals surface area (Å²) in [5, 5.41) is 11.3. The molecule has 0 heterocycles. The van der Waals surface area contributed by atoms with E-state index in [9.17, 15) is 14.4 Å². The fourth-order valence-corrected chi connectivity index (χ4v) is 1.28. The van der Waals surface area contributed by atoms with Crippen LogP contribution in [-0.2, 0) is 14.3 Å². The van der Waals surface area contributed by atoms with E-state index in [1.54, 1.807) is 13.8 Å². The van der Waals surface area contributed by atoms with Crippen LogP contribution < -0.4 is 5.32 Å². The van der Waals surface area contributed by atoms with Crippen LogP contribution in [0.3, 0.4) is 0 Å². The van der Waals surface area contributed by atoms with Crippen molar-refractivity contribution in [2.24, 2.45) is 5.92 Å². The minimum Gasteiger partial charge on any atom is -0.481 e. The molecule has 0 saturated carbocycles. The van der Waals surface area contributed by atoms with Crippen molar-refractivity contribution in [3.8, 4) is 0 Å². The number of amides is 2. The number of urea groups is 1. The normalized spacial score (nSPS) is 11.5. The summed E-state index contributed by atoms with van der Waals surface area (Å²) in [5.41, 5.74) is 0. The number of methoxy groups -OCH3 is 1. The molecule has 104 valence electrons. The van der Waals surface area contributed by atoms with Crippen LogP contribution in [0, 0.1) is 5.92 Å². The second-order valence-electron chi connectivity index (χ2n) is 3.72. The number of hydrogen-bond acceptors (Lipinski definition) is 4. The average Bonchev–Trinajstić information content (AvgIpc) is 2.35. The molecule has 7 heteroatoms. The Morgan fingerprint density at radius 3 is 2.33 bits per heavy atom.